The lowest BCUT2D eigenvalue weighted by Gasteiger charge is -2.38. The molecule has 4 N–H and O–H groups in total. The van der Waals surface area contributed by atoms with Crippen LogP contribution in [0.1, 0.15) is 12.0 Å². The number of rotatable bonds is 6. The van der Waals surface area contributed by atoms with Crippen LogP contribution in [0.5, 0.6) is 0 Å². The fraction of sp³-hybridized carbons (Fsp3) is 0.348. The first-order chi connectivity index (χ1) is 17.4. The molecular formula is C23H22F6N6O2. The van der Waals surface area contributed by atoms with E-state index in [0.29, 0.717) is 12.1 Å². The topological polar surface area (TPSA) is 104 Å². The number of hydrogen-bond donors (Lipinski definition) is 3. The third-order valence-corrected chi connectivity index (χ3v) is 5.98. The number of hydrogen-bond acceptors (Lipinski definition) is 6. The van der Waals surface area contributed by atoms with E-state index < -0.39 is 47.6 Å². The zero-order valence-corrected chi connectivity index (χ0v) is 19.2. The number of halogens is 6. The van der Waals surface area contributed by atoms with Crippen molar-refractivity contribution in [3.63, 3.8) is 0 Å². The number of nitrogens with two attached hydrogens (primary N) is 1. The van der Waals surface area contributed by atoms with E-state index in [-0.39, 0.29) is 55.3 Å². The summed E-state index contributed by atoms with van der Waals surface area (Å²) in [6.45, 7) is -0.612. The van der Waals surface area contributed by atoms with Crippen molar-refractivity contribution >= 4 is 17.6 Å². The maximum atomic E-state index is 13.9. The van der Waals surface area contributed by atoms with Crippen LogP contribution in [0, 0.1) is 17.5 Å². The Morgan fingerprint density at radius 1 is 1.14 bits per heavy atom. The summed E-state index contributed by atoms with van der Waals surface area (Å²) in [4.78, 5) is 31.8. The number of carbonyl (C=O) groups is 2. The van der Waals surface area contributed by atoms with E-state index in [0.717, 1.165) is 4.90 Å². The smallest absolute Gasteiger partial charge is 0.352 e. The summed E-state index contributed by atoms with van der Waals surface area (Å²) in [6, 6.07) is 4.72. The standard InChI is InChI=1S/C23H22F6N6O2/c24-14-10-16(26)15(25)8-12(14)7-13(30)9-19(36)34-5-6-35-17(11-34)20(33-22(35)23(27,28)29)21(37)32-18-3-1-2-4-31-18/h1-4,8,10,13,22,33H,5-7,9,11,30H2,(H,31,32,37)/t13-,22?/m1/s1. The van der Waals surface area contributed by atoms with E-state index >= 15 is 0 Å². The highest BCUT2D eigenvalue weighted by molar-refractivity contribution is 6.03. The molecular weight excluding hydrogens is 506 g/mol. The number of anilines is 1. The molecule has 4 rings (SSSR count). The second-order valence-corrected chi connectivity index (χ2v) is 8.61. The van der Waals surface area contributed by atoms with Gasteiger partial charge < -0.3 is 26.2 Å². The van der Waals surface area contributed by atoms with Gasteiger partial charge in [-0.25, -0.2) is 18.2 Å². The third kappa shape index (κ3) is 5.79. The number of aromatic nitrogens is 1. The number of nitrogens with zero attached hydrogens (tertiary/aromatic N) is 3. The maximum absolute atomic E-state index is 13.9. The van der Waals surface area contributed by atoms with Crippen molar-refractivity contribution in [3.8, 4) is 0 Å². The number of benzene rings is 1. The van der Waals surface area contributed by atoms with Gasteiger partial charge in [0, 0.05) is 37.8 Å². The highest BCUT2D eigenvalue weighted by Crippen LogP contribution is 2.34. The molecule has 0 spiro atoms. The van der Waals surface area contributed by atoms with Gasteiger partial charge in [0.2, 0.25) is 5.91 Å². The molecule has 2 atom stereocenters. The number of piperazine rings is 1. The summed E-state index contributed by atoms with van der Waals surface area (Å²) in [7, 11) is 0. The summed E-state index contributed by atoms with van der Waals surface area (Å²) in [5.41, 5.74) is 5.34. The molecule has 1 aromatic heterocycles. The first-order valence-corrected chi connectivity index (χ1v) is 11.2. The predicted octanol–water partition coefficient (Wildman–Crippen LogP) is 2.24. The van der Waals surface area contributed by atoms with Gasteiger partial charge in [-0.05, 0) is 30.2 Å². The lowest BCUT2D eigenvalue weighted by Crippen LogP contribution is -2.55. The Kier molecular flexibility index (Phi) is 7.30. The molecule has 1 unspecified atom stereocenters. The second-order valence-electron chi connectivity index (χ2n) is 8.61. The van der Waals surface area contributed by atoms with Crippen LogP contribution in [-0.2, 0) is 16.0 Å². The Labute approximate surface area is 207 Å². The molecule has 2 amide bonds. The molecule has 1 aromatic carbocycles. The molecule has 37 heavy (non-hydrogen) atoms. The molecule has 2 aliphatic heterocycles. The average molecular weight is 528 g/mol. The SMILES string of the molecule is N[C@@H](CC(=O)N1CCN2C(=C(C(=O)Nc3ccccn3)NC2C(F)(F)F)C1)Cc1cc(F)c(F)cc1F. The van der Waals surface area contributed by atoms with Gasteiger partial charge in [-0.3, -0.25) is 9.59 Å². The van der Waals surface area contributed by atoms with Crippen molar-refractivity contribution in [2.75, 3.05) is 25.0 Å². The molecule has 198 valence electrons. The van der Waals surface area contributed by atoms with Crippen molar-refractivity contribution in [2.45, 2.75) is 31.2 Å². The van der Waals surface area contributed by atoms with Crippen LogP contribution in [0.15, 0.2) is 47.9 Å². The second kappa shape index (κ2) is 10.3. The van der Waals surface area contributed by atoms with Gasteiger partial charge in [-0.1, -0.05) is 6.07 Å². The Morgan fingerprint density at radius 3 is 2.54 bits per heavy atom. The lowest BCUT2D eigenvalue weighted by molar-refractivity contribution is -0.183. The van der Waals surface area contributed by atoms with Crippen molar-refractivity contribution in [3.05, 3.63) is 70.9 Å². The van der Waals surface area contributed by atoms with Crippen LogP contribution in [-0.4, -0.2) is 64.6 Å². The summed E-state index contributed by atoms with van der Waals surface area (Å²) < 4.78 is 81.5. The third-order valence-electron chi connectivity index (χ3n) is 5.98. The van der Waals surface area contributed by atoms with Crippen LogP contribution in [0.25, 0.3) is 0 Å². The summed E-state index contributed by atoms with van der Waals surface area (Å²) in [6.07, 6.45) is -6.06. The van der Waals surface area contributed by atoms with Gasteiger partial charge in [0.25, 0.3) is 5.91 Å². The highest BCUT2D eigenvalue weighted by atomic mass is 19.4. The van der Waals surface area contributed by atoms with E-state index in [4.69, 9.17) is 5.73 Å². The number of fused-ring (bicyclic) bond motifs is 1. The molecule has 14 heteroatoms. The van der Waals surface area contributed by atoms with Crippen LogP contribution in [0.2, 0.25) is 0 Å². The Hall–Kier alpha value is -3.81. The van der Waals surface area contributed by atoms with Gasteiger partial charge in [0.15, 0.2) is 17.8 Å². The zero-order chi connectivity index (χ0) is 26.9. The van der Waals surface area contributed by atoms with E-state index in [1.165, 1.54) is 17.2 Å². The first kappa shape index (κ1) is 26.3. The van der Waals surface area contributed by atoms with E-state index in [2.05, 4.69) is 15.6 Å². The van der Waals surface area contributed by atoms with Crippen LogP contribution in [0.4, 0.5) is 32.2 Å². The lowest BCUT2D eigenvalue weighted by atomic mass is 10.0. The van der Waals surface area contributed by atoms with E-state index in [9.17, 15) is 35.9 Å². The highest BCUT2D eigenvalue weighted by Gasteiger charge is 2.51. The number of pyridine rings is 1. The number of alkyl halides is 3. The Balaban J connectivity index is 1.48. The molecule has 2 aliphatic rings. The number of carbonyl (C=O) groups excluding carboxylic acids is 2. The van der Waals surface area contributed by atoms with Crippen molar-refractivity contribution in [2.24, 2.45) is 5.73 Å². The van der Waals surface area contributed by atoms with Crippen molar-refractivity contribution in [1.82, 2.24) is 20.1 Å². The fourth-order valence-electron chi connectivity index (χ4n) is 4.23. The molecule has 2 aromatic rings. The Morgan fingerprint density at radius 2 is 1.86 bits per heavy atom. The zero-order valence-electron chi connectivity index (χ0n) is 19.2. The van der Waals surface area contributed by atoms with E-state index in [1.807, 2.05) is 0 Å². The van der Waals surface area contributed by atoms with E-state index in [1.54, 1.807) is 12.1 Å². The fourth-order valence-corrected chi connectivity index (χ4v) is 4.23. The molecule has 0 bridgehead atoms. The predicted molar refractivity (Wildman–Crippen MR) is 119 cm³/mol. The minimum Gasteiger partial charge on any atom is -0.352 e. The van der Waals surface area contributed by atoms with Gasteiger partial charge in [0.1, 0.15) is 17.3 Å². The van der Waals surface area contributed by atoms with Crippen molar-refractivity contribution in [1.29, 1.82) is 0 Å². The minimum atomic E-state index is -4.71. The molecule has 8 nitrogen and oxygen atoms in total. The maximum Gasteiger partial charge on any atom is 0.427 e. The molecule has 0 saturated carbocycles. The van der Waals surface area contributed by atoms with Gasteiger partial charge in [-0.15, -0.1) is 0 Å². The van der Waals surface area contributed by atoms with Gasteiger partial charge in [-0.2, -0.15) is 13.2 Å². The van der Waals surface area contributed by atoms with Crippen molar-refractivity contribution < 1.29 is 35.9 Å². The number of nitrogens with one attached hydrogen (secondary N) is 2. The monoisotopic (exact) mass is 528 g/mol. The normalized spacial score (nSPS) is 18.4. The first-order valence-electron chi connectivity index (χ1n) is 11.2. The summed E-state index contributed by atoms with van der Waals surface area (Å²) in [5.74, 6) is -4.92. The largest absolute Gasteiger partial charge is 0.427 e. The quantitative estimate of drug-likeness (QED) is 0.393. The molecule has 0 aliphatic carbocycles. The molecule has 3 heterocycles. The average Bonchev–Trinajstić information content (AvgIpc) is 3.23. The number of amides is 2. The van der Waals surface area contributed by atoms with Crippen LogP contribution in [0.3, 0.4) is 0 Å². The van der Waals surface area contributed by atoms with Crippen LogP contribution < -0.4 is 16.4 Å². The molecule has 1 saturated heterocycles. The Bertz CT molecular complexity index is 1220. The minimum absolute atomic E-state index is 0.0319. The van der Waals surface area contributed by atoms with Crippen LogP contribution >= 0.6 is 0 Å². The summed E-state index contributed by atoms with van der Waals surface area (Å²) in [5, 5.41) is 4.64. The molecule has 0 radical (unpaired) electrons. The van der Waals surface area contributed by atoms with Gasteiger partial charge in [0.05, 0.1) is 12.2 Å². The summed E-state index contributed by atoms with van der Waals surface area (Å²) >= 11 is 0. The van der Waals surface area contributed by atoms with Gasteiger partial charge >= 0.3 is 6.18 Å². The molecule has 1 fully saturated rings.